The third kappa shape index (κ3) is 13.7. The van der Waals surface area contributed by atoms with Gasteiger partial charge in [0.15, 0.2) is 6.29 Å². The second-order valence-corrected chi connectivity index (χ2v) is 21.8. The number of hydrogen-bond donors (Lipinski definition) is 0. The lowest BCUT2D eigenvalue weighted by atomic mass is 10.1. The Morgan fingerprint density at radius 1 is 0.444 bits per heavy atom. The smallest absolute Gasteiger partial charge is 0.160 e. The molecule has 7 heterocycles. The van der Waals surface area contributed by atoms with E-state index in [9.17, 15) is 4.79 Å². The number of benzene rings is 2. The van der Waals surface area contributed by atoms with Gasteiger partial charge in [0.2, 0.25) is 0 Å². The van der Waals surface area contributed by atoms with Gasteiger partial charge < -0.3 is 0 Å². The van der Waals surface area contributed by atoms with Crippen molar-refractivity contribution in [3.8, 4) is 0 Å². The molecule has 1 aliphatic rings. The molecule has 0 atom stereocenters. The van der Waals surface area contributed by atoms with Crippen molar-refractivity contribution in [1.82, 2.24) is 19.9 Å². The fraction of sp³-hybridized carbons (Fsp3) is 0.377. The molecule has 0 fully saturated rings. The first-order valence-electron chi connectivity index (χ1n) is 23.0. The molecule has 63 heavy (non-hydrogen) atoms. The van der Waals surface area contributed by atoms with E-state index in [-0.39, 0.29) is 0 Å². The largest absolute Gasteiger partial charge is 0.297 e. The number of rotatable bonds is 18. The first-order valence-corrected chi connectivity index (χ1v) is 27.4. The van der Waals surface area contributed by atoms with Gasteiger partial charge in [-0.25, -0.2) is 19.9 Å². The van der Waals surface area contributed by atoms with E-state index in [2.05, 4.69) is 85.4 Å². The topological polar surface area (TPSA) is 68.6 Å². The number of nitrogens with zero attached hydrogens (tertiary/aromatic N) is 4. The molecule has 0 aliphatic carbocycles. The Labute approximate surface area is 393 Å². The summed E-state index contributed by atoms with van der Waals surface area (Å²) in [6, 6.07) is 29.4. The summed E-state index contributed by atoms with van der Waals surface area (Å²) in [7, 11) is 0. The van der Waals surface area contributed by atoms with E-state index in [1.54, 1.807) is 11.3 Å². The van der Waals surface area contributed by atoms with Crippen molar-refractivity contribution in [3.05, 3.63) is 135 Å². The molecule has 0 N–H and O–H groups in total. The highest BCUT2D eigenvalue weighted by atomic mass is 32.2. The maximum atomic E-state index is 10.4. The minimum absolute atomic E-state index is 0.852. The predicted molar refractivity (Wildman–Crippen MR) is 278 cm³/mol. The average molecular weight is 929 g/mol. The normalized spacial score (nSPS) is 12.7. The van der Waals surface area contributed by atoms with Crippen molar-refractivity contribution in [2.24, 2.45) is 0 Å². The molecule has 1 aliphatic heterocycles. The third-order valence-electron chi connectivity index (χ3n) is 11.0. The molecular weight excluding hydrogens is 869 g/mol. The van der Waals surface area contributed by atoms with Crippen molar-refractivity contribution in [1.29, 1.82) is 0 Å². The number of para-hydroxylation sites is 4. The summed E-state index contributed by atoms with van der Waals surface area (Å²) in [6.07, 6.45) is 24.7. The summed E-state index contributed by atoms with van der Waals surface area (Å²) in [6.45, 7) is 6.76. The molecule has 8 aromatic rings. The highest BCUT2D eigenvalue weighted by Gasteiger charge is 2.15. The van der Waals surface area contributed by atoms with Crippen LogP contribution in [-0.4, -0.2) is 26.2 Å². The minimum atomic E-state index is 0.852. The highest BCUT2D eigenvalue weighted by molar-refractivity contribution is 7.98. The summed E-state index contributed by atoms with van der Waals surface area (Å²) >= 11 is 9.17. The van der Waals surface area contributed by atoms with Gasteiger partial charge >= 0.3 is 0 Å². The summed E-state index contributed by atoms with van der Waals surface area (Å²) < 4.78 is 2.41. The van der Waals surface area contributed by atoms with E-state index in [0.29, 0.717) is 0 Å². The molecule has 6 aromatic heterocycles. The first-order chi connectivity index (χ1) is 31.0. The molecule has 0 unspecified atom stereocenters. The van der Waals surface area contributed by atoms with E-state index in [0.717, 1.165) is 62.2 Å². The number of hydrogen-bond acceptors (Lipinski definition) is 10. The maximum Gasteiger partial charge on any atom is 0.160 e. The van der Waals surface area contributed by atoms with Crippen LogP contribution in [0.15, 0.2) is 84.9 Å². The third-order valence-corrected chi connectivity index (χ3v) is 16.3. The number of thiophene rings is 4. The Kier molecular flexibility index (Phi) is 18.5. The first kappa shape index (κ1) is 46.9. The lowest BCUT2D eigenvalue weighted by molar-refractivity contribution is 0.112. The van der Waals surface area contributed by atoms with E-state index in [1.807, 2.05) is 88.2 Å². The monoisotopic (exact) mass is 928 g/mol. The van der Waals surface area contributed by atoms with Gasteiger partial charge in [-0.15, -0.1) is 57.1 Å². The van der Waals surface area contributed by atoms with Crippen LogP contribution in [0.2, 0.25) is 0 Å². The minimum Gasteiger partial charge on any atom is -0.297 e. The summed E-state index contributed by atoms with van der Waals surface area (Å²) in [5.41, 5.74) is 8.33. The quantitative estimate of drug-likeness (QED) is 0.0631. The number of aryl methyl sites for hydroxylation is 3. The van der Waals surface area contributed by atoms with Gasteiger partial charge in [-0.2, -0.15) is 0 Å². The summed E-state index contributed by atoms with van der Waals surface area (Å²) in [5, 5.41) is 0. The standard InChI is InChI=1S/C32H36N2S3.C11H16OS.C10H8N2S/c1-3-5-7-9-13-23-17-19-25(35-23)21-29-31-32(34-28-16-12-11-15-27(28)33-31)30(37-29)22-26-20-18-24(36-26)14-10-8-6-4-2;1-2-3-4-5-6-10-7-8-11(9-12)13-10;1-2-4-8-7(3-1)11-9-5-13-6-10(9)12-8/h11-12,15-22H,3-10,13-14H2,1-2H3;7-9H,2-6H2,1H3;1-4H,5-6H2/b29-21-,30-22-;;. The maximum absolute atomic E-state index is 10.4. The van der Waals surface area contributed by atoms with Crippen LogP contribution in [0.4, 0.5) is 0 Å². The number of carbonyl (C=O) groups excluding carboxylic acids is 1. The van der Waals surface area contributed by atoms with E-state index in [4.69, 9.17) is 9.97 Å². The van der Waals surface area contributed by atoms with Crippen molar-refractivity contribution in [2.75, 3.05) is 0 Å². The van der Waals surface area contributed by atoms with Crippen LogP contribution in [-0.2, 0) is 30.8 Å². The van der Waals surface area contributed by atoms with Gasteiger partial charge in [0.1, 0.15) is 11.0 Å². The molecule has 0 radical (unpaired) electrons. The zero-order chi connectivity index (χ0) is 43.6. The molecule has 5 nitrogen and oxygen atoms in total. The van der Waals surface area contributed by atoms with Gasteiger partial charge in [0.05, 0.1) is 47.4 Å². The Bertz CT molecular complexity index is 2640. The van der Waals surface area contributed by atoms with E-state index < -0.39 is 0 Å². The molecule has 0 spiro atoms. The number of aromatic nitrogens is 4. The fourth-order valence-electron chi connectivity index (χ4n) is 7.54. The van der Waals surface area contributed by atoms with Gasteiger partial charge in [-0.3, -0.25) is 4.79 Å². The lowest BCUT2D eigenvalue weighted by Crippen LogP contribution is -1.97. The molecule has 10 heteroatoms. The van der Waals surface area contributed by atoms with Crippen LogP contribution in [0.5, 0.6) is 0 Å². The van der Waals surface area contributed by atoms with Crippen molar-refractivity contribution in [2.45, 2.75) is 129 Å². The Hall–Kier alpha value is -4.06. The number of aldehydes is 1. The lowest BCUT2D eigenvalue weighted by Gasteiger charge is -1.99. The SMILES string of the molecule is CCCCCCc1ccc(/C=c2\s/c(=C\c3ccc(CCCCCC)s3)c3nc4ccccc4nc23)s1.CCCCCCc1ccc(C=O)s1.c1ccc2nc3c(nc2c1)CSC3. The second-order valence-electron chi connectivity index (χ2n) is 16.1. The zero-order valence-corrected chi connectivity index (χ0v) is 41.2. The Balaban J connectivity index is 0.000000184. The van der Waals surface area contributed by atoms with Crippen LogP contribution in [0.25, 0.3) is 45.3 Å². The average Bonchev–Trinajstić information content (AvgIpc) is 4.18. The summed E-state index contributed by atoms with van der Waals surface area (Å²) in [4.78, 5) is 37.5. The van der Waals surface area contributed by atoms with Crippen LogP contribution in [0, 0.1) is 0 Å². The molecule has 328 valence electrons. The Morgan fingerprint density at radius 2 is 0.825 bits per heavy atom. The molecular formula is C53H60N4OS5. The van der Waals surface area contributed by atoms with Gasteiger partial charge in [0, 0.05) is 35.9 Å². The van der Waals surface area contributed by atoms with Crippen molar-refractivity contribution in [3.63, 3.8) is 0 Å². The van der Waals surface area contributed by atoms with Gasteiger partial charge in [0.25, 0.3) is 0 Å². The number of thioether (sulfide) groups is 1. The molecule has 2 aromatic carbocycles. The number of unbranched alkanes of at least 4 members (excludes halogenated alkanes) is 9. The number of fused-ring (bicyclic) bond motifs is 4. The van der Waals surface area contributed by atoms with Crippen LogP contribution < -0.4 is 9.06 Å². The molecule has 0 saturated carbocycles. The molecule has 0 amide bonds. The fourth-order valence-corrected chi connectivity index (χ4v) is 12.6. The van der Waals surface area contributed by atoms with Crippen molar-refractivity contribution >= 4 is 109 Å². The van der Waals surface area contributed by atoms with Gasteiger partial charge in [-0.05, 0) is 111 Å². The molecule has 9 rings (SSSR count). The van der Waals surface area contributed by atoms with Crippen molar-refractivity contribution < 1.29 is 4.79 Å². The molecule has 0 bridgehead atoms. The van der Waals surface area contributed by atoms with E-state index in [1.165, 1.54) is 135 Å². The summed E-state index contributed by atoms with van der Waals surface area (Å²) in [5.74, 6) is 2.04. The van der Waals surface area contributed by atoms with Crippen LogP contribution >= 0.6 is 57.1 Å². The van der Waals surface area contributed by atoms with Gasteiger partial charge in [-0.1, -0.05) is 103 Å². The number of carbonyl (C=O) groups is 1. The predicted octanol–water partition coefficient (Wildman–Crippen LogP) is 14.9. The highest BCUT2D eigenvalue weighted by Crippen LogP contribution is 2.28. The molecule has 0 saturated heterocycles. The Morgan fingerprint density at radius 3 is 1.21 bits per heavy atom. The second kappa shape index (κ2) is 24.9. The van der Waals surface area contributed by atoms with Crippen LogP contribution in [0.1, 0.15) is 143 Å². The van der Waals surface area contributed by atoms with E-state index >= 15 is 0 Å². The zero-order valence-electron chi connectivity index (χ0n) is 37.1. The van der Waals surface area contributed by atoms with Crippen LogP contribution in [0.3, 0.4) is 0 Å².